The third-order valence-electron chi connectivity index (χ3n) is 3.45. The lowest BCUT2D eigenvalue weighted by molar-refractivity contribution is 1.09. The Hall–Kier alpha value is -2.61. The molecule has 2 heteroatoms. The summed E-state index contributed by atoms with van der Waals surface area (Å²) in [5.74, 6) is 0. The molecule has 2 nitrogen and oxygen atoms in total. The van der Waals surface area contributed by atoms with Gasteiger partial charge in [0, 0.05) is 40.4 Å². The normalized spacial score (nSPS) is 11.2. The molecule has 0 spiro atoms. The van der Waals surface area contributed by atoms with Crippen molar-refractivity contribution in [1.29, 1.82) is 0 Å². The smallest absolute Gasteiger partial charge is 0.0709 e. The highest BCUT2D eigenvalue weighted by atomic mass is 14.9. The van der Waals surface area contributed by atoms with E-state index in [1.165, 1.54) is 21.8 Å². The van der Waals surface area contributed by atoms with Crippen LogP contribution in [0.1, 0.15) is 0 Å². The van der Waals surface area contributed by atoms with E-state index in [9.17, 15) is 0 Å². The van der Waals surface area contributed by atoms with E-state index in [2.05, 4.69) is 64.4 Å². The average molecular weight is 244 g/mol. The maximum Gasteiger partial charge on any atom is 0.0709 e. The Labute approximate surface area is 110 Å². The summed E-state index contributed by atoms with van der Waals surface area (Å²) in [5, 5.41) is 3.62. The summed E-state index contributed by atoms with van der Waals surface area (Å²) in [6.45, 7) is 0. The number of aromatic nitrogens is 2. The molecular weight excluding hydrogens is 232 g/mol. The van der Waals surface area contributed by atoms with Crippen molar-refractivity contribution in [1.82, 2.24) is 9.55 Å². The first kappa shape index (κ1) is 10.3. The summed E-state index contributed by atoms with van der Waals surface area (Å²) in [7, 11) is 0. The summed E-state index contributed by atoms with van der Waals surface area (Å²) in [4.78, 5) is 4.50. The molecule has 0 amide bonds. The molecule has 4 aromatic rings. The highest BCUT2D eigenvalue weighted by Crippen LogP contribution is 2.25. The van der Waals surface area contributed by atoms with Gasteiger partial charge in [-0.2, -0.15) is 0 Å². The van der Waals surface area contributed by atoms with Gasteiger partial charge in [0.1, 0.15) is 0 Å². The fourth-order valence-electron chi connectivity index (χ4n) is 2.50. The molecule has 90 valence electrons. The summed E-state index contributed by atoms with van der Waals surface area (Å²) in [6, 6.07) is 18.6. The highest BCUT2D eigenvalue weighted by Gasteiger charge is 2.05. The highest BCUT2D eigenvalue weighted by molar-refractivity contribution is 6.05. The van der Waals surface area contributed by atoms with E-state index in [0.717, 1.165) is 5.52 Å². The third kappa shape index (κ3) is 1.61. The first-order valence-corrected chi connectivity index (χ1v) is 6.33. The first-order chi connectivity index (χ1) is 9.42. The van der Waals surface area contributed by atoms with Crippen molar-refractivity contribution < 1.29 is 0 Å². The standard InChI is InChI=1S/C17H12N2/c1-2-6-14(7-3-1)19-11-13-10-18-17-9-5-4-8-15(17)16(13)12-19/h1-12H. The number of hydrogen-bond donors (Lipinski definition) is 0. The maximum absolute atomic E-state index is 4.50. The van der Waals surface area contributed by atoms with Gasteiger partial charge in [-0.1, -0.05) is 36.4 Å². The molecule has 0 aliphatic carbocycles. The van der Waals surface area contributed by atoms with E-state index in [-0.39, 0.29) is 0 Å². The number of fused-ring (bicyclic) bond motifs is 3. The van der Waals surface area contributed by atoms with Crippen LogP contribution in [-0.2, 0) is 0 Å². The zero-order valence-corrected chi connectivity index (χ0v) is 10.3. The van der Waals surface area contributed by atoms with Crippen molar-refractivity contribution in [2.45, 2.75) is 0 Å². The molecule has 0 unspecified atom stereocenters. The lowest BCUT2D eigenvalue weighted by Gasteiger charge is -2.00. The molecule has 0 radical (unpaired) electrons. The van der Waals surface area contributed by atoms with Gasteiger partial charge in [0.05, 0.1) is 5.52 Å². The van der Waals surface area contributed by atoms with Crippen LogP contribution in [0, 0.1) is 0 Å². The minimum atomic E-state index is 1.04. The second kappa shape index (κ2) is 3.95. The number of benzene rings is 2. The Morgan fingerprint density at radius 3 is 2.42 bits per heavy atom. The molecule has 4 rings (SSSR count). The number of pyridine rings is 1. The third-order valence-corrected chi connectivity index (χ3v) is 3.45. The van der Waals surface area contributed by atoms with Gasteiger partial charge in [-0.15, -0.1) is 0 Å². The fourth-order valence-corrected chi connectivity index (χ4v) is 2.50. The quantitative estimate of drug-likeness (QED) is 0.491. The predicted octanol–water partition coefficient (Wildman–Crippen LogP) is 4.18. The van der Waals surface area contributed by atoms with E-state index < -0.39 is 0 Å². The van der Waals surface area contributed by atoms with Gasteiger partial charge in [0.25, 0.3) is 0 Å². The minimum Gasteiger partial charge on any atom is -0.323 e. The second-order valence-corrected chi connectivity index (χ2v) is 4.65. The predicted molar refractivity (Wildman–Crippen MR) is 78.6 cm³/mol. The zero-order chi connectivity index (χ0) is 12.7. The molecule has 0 bridgehead atoms. The molecule has 0 fully saturated rings. The molecule has 0 atom stereocenters. The monoisotopic (exact) mass is 244 g/mol. The van der Waals surface area contributed by atoms with E-state index in [1.54, 1.807) is 0 Å². The van der Waals surface area contributed by atoms with Crippen molar-refractivity contribution in [3.8, 4) is 5.69 Å². The molecule has 0 N–H and O–H groups in total. The van der Waals surface area contributed by atoms with E-state index in [0.29, 0.717) is 0 Å². The van der Waals surface area contributed by atoms with Crippen LogP contribution in [0.15, 0.2) is 73.2 Å². The van der Waals surface area contributed by atoms with Gasteiger partial charge >= 0.3 is 0 Å². The van der Waals surface area contributed by atoms with Crippen molar-refractivity contribution >= 4 is 21.7 Å². The van der Waals surface area contributed by atoms with Crippen LogP contribution in [0.25, 0.3) is 27.4 Å². The minimum absolute atomic E-state index is 1.04. The summed E-state index contributed by atoms with van der Waals surface area (Å²) in [5.41, 5.74) is 2.21. The van der Waals surface area contributed by atoms with E-state index in [1.807, 2.05) is 18.3 Å². The first-order valence-electron chi connectivity index (χ1n) is 6.33. The van der Waals surface area contributed by atoms with Gasteiger partial charge in [-0.3, -0.25) is 4.98 Å². The second-order valence-electron chi connectivity index (χ2n) is 4.65. The summed E-state index contributed by atoms with van der Waals surface area (Å²) < 4.78 is 2.15. The summed E-state index contributed by atoms with van der Waals surface area (Å²) in [6.07, 6.45) is 6.25. The number of para-hydroxylation sites is 2. The molecule has 0 aliphatic rings. The molecule has 0 saturated carbocycles. The van der Waals surface area contributed by atoms with Crippen LogP contribution in [-0.4, -0.2) is 9.55 Å². The molecule has 0 saturated heterocycles. The SMILES string of the molecule is c1ccc(-n2cc3cnc4ccccc4c3c2)cc1. The Balaban J connectivity index is 2.04. The van der Waals surface area contributed by atoms with Crippen LogP contribution >= 0.6 is 0 Å². The average Bonchev–Trinajstić information content (AvgIpc) is 2.93. The van der Waals surface area contributed by atoms with Crippen LogP contribution in [0.2, 0.25) is 0 Å². The fraction of sp³-hybridized carbons (Fsp3) is 0. The molecule has 2 aromatic carbocycles. The maximum atomic E-state index is 4.50. The summed E-state index contributed by atoms with van der Waals surface area (Å²) >= 11 is 0. The number of hydrogen-bond acceptors (Lipinski definition) is 1. The van der Waals surface area contributed by atoms with Gasteiger partial charge in [-0.05, 0) is 18.2 Å². The van der Waals surface area contributed by atoms with Crippen LogP contribution in [0.3, 0.4) is 0 Å². The van der Waals surface area contributed by atoms with E-state index >= 15 is 0 Å². The van der Waals surface area contributed by atoms with Gasteiger partial charge in [0.15, 0.2) is 0 Å². The van der Waals surface area contributed by atoms with Gasteiger partial charge in [-0.25, -0.2) is 0 Å². The largest absolute Gasteiger partial charge is 0.323 e. The number of rotatable bonds is 1. The topological polar surface area (TPSA) is 17.8 Å². The lowest BCUT2D eigenvalue weighted by atomic mass is 10.1. The Morgan fingerprint density at radius 1 is 0.737 bits per heavy atom. The molecule has 2 aromatic heterocycles. The van der Waals surface area contributed by atoms with Crippen LogP contribution in [0.4, 0.5) is 0 Å². The molecular formula is C17H12N2. The van der Waals surface area contributed by atoms with Crippen LogP contribution < -0.4 is 0 Å². The zero-order valence-electron chi connectivity index (χ0n) is 10.3. The van der Waals surface area contributed by atoms with Gasteiger partial charge < -0.3 is 4.57 Å². The lowest BCUT2D eigenvalue weighted by Crippen LogP contribution is -1.87. The molecule has 2 heterocycles. The van der Waals surface area contributed by atoms with Crippen molar-refractivity contribution in [2.24, 2.45) is 0 Å². The van der Waals surface area contributed by atoms with E-state index in [4.69, 9.17) is 0 Å². The number of nitrogens with zero attached hydrogens (tertiary/aromatic N) is 2. The van der Waals surface area contributed by atoms with Crippen molar-refractivity contribution in [3.05, 3.63) is 73.2 Å². The molecule has 19 heavy (non-hydrogen) atoms. The van der Waals surface area contributed by atoms with Crippen molar-refractivity contribution in [2.75, 3.05) is 0 Å². The Bertz CT molecular complexity index is 860. The van der Waals surface area contributed by atoms with Crippen molar-refractivity contribution in [3.63, 3.8) is 0 Å². The Morgan fingerprint density at radius 2 is 1.53 bits per heavy atom. The van der Waals surface area contributed by atoms with Gasteiger partial charge in [0.2, 0.25) is 0 Å². The Kier molecular flexibility index (Phi) is 2.15. The molecule has 0 aliphatic heterocycles. The van der Waals surface area contributed by atoms with Crippen LogP contribution in [0.5, 0.6) is 0 Å².